The van der Waals surface area contributed by atoms with Crippen molar-refractivity contribution in [2.75, 3.05) is 6.61 Å². The molecule has 3 aromatic heterocycles. The lowest BCUT2D eigenvalue weighted by Crippen LogP contribution is -2.02. The first-order chi connectivity index (χ1) is 16.9. The van der Waals surface area contributed by atoms with E-state index < -0.39 is 0 Å². The second kappa shape index (κ2) is 9.25. The lowest BCUT2D eigenvalue weighted by Gasteiger charge is -2.08. The highest BCUT2D eigenvalue weighted by Crippen LogP contribution is 2.28. The summed E-state index contributed by atoms with van der Waals surface area (Å²) >= 11 is 0. The lowest BCUT2D eigenvalue weighted by atomic mass is 10.1. The van der Waals surface area contributed by atoms with Gasteiger partial charge in [-0.1, -0.05) is 17.7 Å². The van der Waals surface area contributed by atoms with Crippen LogP contribution in [-0.2, 0) is 6.61 Å². The van der Waals surface area contributed by atoms with Crippen molar-refractivity contribution < 1.29 is 13.9 Å². The number of rotatable bonds is 7. The Labute approximate surface area is 204 Å². The number of aromatic nitrogens is 4. The van der Waals surface area contributed by atoms with E-state index in [9.17, 15) is 0 Å². The smallest absolute Gasteiger partial charge is 0.226 e. The minimum absolute atomic E-state index is 0.252. The van der Waals surface area contributed by atoms with Gasteiger partial charge in [0.15, 0.2) is 5.65 Å². The van der Waals surface area contributed by atoms with Crippen molar-refractivity contribution in [2.45, 2.75) is 41.2 Å². The monoisotopic (exact) mass is 468 g/mol. The van der Waals surface area contributed by atoms with Crippen LogP contribution in [0.5, 0.6) is 11.6 Å². The van der Waals surface area contributed by atoms with Crippen LogP contribution in [0.4, 0.5) is 0 Å². The van der Waals surface area contributed by atoms with Crippen molar-refractivity contribution in [3.63, 3.8) is 0 Å². The molecule has 0 amide bonds. The van der Waals surface area contributed by atoms with Gasteiger partial charge in [-0.05, 0) is 76.6 Å². The van der Waals surface area contributed by atoms with E-state index >= 15 is 0 Å². The molecule has 2 aromatic carbocycles. The molecule has 7 heteroatoms. The minimum Gasteiger partial charge on any atom is -0.494 e. The fourth-order valence-corrected chi connectivity index (χ4v) is 4.10. The molecule has 178 valence electrons. The van der Waals surface area contributed by atoms with E-state index in [4.69, 9.17) is 24.0 Å². The van der Waals surface area contributed by atoms with Crippen molar-refractivity contribution in [1.29, 1.82) is 0 Å². The first-order valence-electron chi connectivity index (χ1n) is 11.7. The topological polar surface area (TPSA) is 75.2 Å². The van der Waals surface area contributed by atoms with Crippen molar-refractivity contribution in [3.8, 4) is 28.8 Å². The summed E-state index contributed by atoms with van der Waals surface area (Å²) in [5, 5.41) is 5.78. The molecule has 35 heavy (non-hydrogen) atoms. The molecule has 0 atom stereocenters. The van der Waals surface area contributed by atoms with E-state index in [0.29, 0.717) is 24.1 Å². The van der Waals surface area contributed by atoms with Gasteiger partial charge in [0, 0.05) is 17.0 Å². The second-order valence-electron chi connectivity index (χ2n) is 8.58. The Bertz CT molecular complexity index is 1480. The number of oxazole rings is 1. The summed E-state index contributed by atoms with van der Waals surface area (Å²) in [5.74, 6) is 2.61. The standard InChI is InChI=1S/C28H28N4O3/c1-6-33-23-13-9-21(10-14-23)28-29-24(20(5)35-28)16-34-25-15-18(3)26-19(4)31-32(27(26)30-25)22-11-7-17(2)8-12-22/h7-15H,6,16H2,1-5H3. The third-order valence-electron chi connectivity index (χ3n) is 5.93. The highest BCUT2D eigenvalue weighted by molar-refractivity contribution is 5.84. The molecule has 0 fully saturated rings. The molecule has 7 nitrogen and oxygen atoms in total. The molecule has 5 rings (SSSR count). The molecule has 0 radical (unpaired) electrons. The van der Waals surface area contributed by atoms with E-state index in [1.54, 1.807) is 0 Å². The van der Waals surface area contributed by atoms with Crippen LogP contribution in [0.1, 0.15) is 35.2 Å². The molecule has 0 aliphatic carbocycles. The average Bonchev–Trinajstić information content (AvgIpc) is 3.38. The largest absolute Gasteiger partial charge is 0.494 e. The second-order valence-corrected chi connectivity index (χ2v) is 8.58. The Morgan fingerprint density at radius 2 is 1.63 bits per heavy atom. The Hall–Kier alpha value is -4.13. The lowest BCUT2D eigenvalue weighted by molar-refractivity contribution is 0.288. The maximum atomic E-state index is 6.09. The van der Waals surface area contributed by atoms with Crippen molar-refractivity contribution in [1.82, 2.24) is 19.7 Å². The predicted molar refractivity (Wildman–Crippen MR) is 135 cm³/mol. The third kappa shape index (κ3) is 4.49. The molecule has 0 unspecified atom stereocenters. The minimum atomic E-state index is 0.252. The SMILES string of the molecule is CCOc1ccc(-c2nc(COc3cc(C)c4c(C)nn(-c5ccc(C)cc5)c4n3)c(C)o2)cc1. The molecule has 0 saturated carbocycles. The molecular weight excluding hydrogens is 440 g/mol. The van der Waals surface area contributed by atoms with Crippen LogP contribution in [0.15, 0.2) is 59.0 Å². The Morgan fingerprint density at radius 1 is 0.886 bits per heavy atom. The van der Waals surface area contributed by atoms with Crippen LogP contribution in [0, 0.1) is 27.7 Å². The normalized spacial score (nSPS) is 11.2. The van der Waals surface area contributed by atoms with Crippen LogP contribution in [0.2, 0.25) is 0 Å². The number of hydrogen-bond donors (Lipinski definition) is 0. The van der Waals surface area contributed by atoms with Gasteiger partial charge in [-0.3, -0.25) is 0 Å². The molecule has 5 aromatic rings. The van der Waals surface area contributed by atoms with E-state index in [1.165, 1.54) is 5.56 Å². The summed E-state index contributed by atoms with van der Waals surface area (Å²) in [6.07, 6.45) is 0. The van der Waals surface area contributed by atoms with E-state index in [0.717, 1.165) is 45.0 Å². The number of hydrogen-bond acceptors (Lipinski definition) is 6. The van der Waals surface area contributed by atoms with Gasteiger partial charge in [0.05, 0.1) is 18.0 Å². The van der Waals surface area contributed by atoms with E-state index in [2.05, 4.69) is 31.0 Å². The summed E-state index contributed by atoms with van der Waals surface area (Å²) in [6.45, 7) is 10.9. The van der Waals surface area contributed by atoms with Gasteiger partial charge in [-0.15, -0.1) is 0 Å². The van der Waals surface area contributed by atoms with Gasteiger partial charge in [-0.2, -0.15) is 10.1 Å². The molecular formula is C28H28N4O3. The molecule has 0 saturated heterocycles. The highest BCUT2D eigenvalue weighted by atomic mass is 16.5. The first kappa shape index (κ1) is 22.7. The van der Waals surface area contributed by atoms with Crippen LogP contribution in [0.3, 0.4) is 0 Å². The maximum absolute atomic E-state index is 6.09. The van der Waals surface area contributed by atoms with Gasteiger partial charge >= 0.3 is 0 Å². The molecule has 0 N–H and O–H groups in total. The Morgan fingerprint density at radius 3 is 2.34 bits per heavy atom. The Balaban J connectivity index is 1.40. The summed E-state index contributed by atoms with van der Waals surface area (Å²) in [4.78, 5) is 9.45. The van der Waals surface area contributed by atoms with Crippen LogP contribution >= 0.6 is 0 Å². The van der Waals surface area contributed by atoms with Gasteiger partial charge in [-0.25, -0.2) is 9.67 Å². The van der Waals surface area contributed by atoms with Gasteiger partial charge < -0.3 is 13.9 Å². The third-order valence-corrected chi connectivity index (χ3v) is 5.93. The van der Waals surface area contributed by atoms with Gasteiger partial charge in [0.1, 0.15) is 23.8 Å². The number of nitrogens with zero attached hydrogens (tertiary/aromatic N) is 4. The molecule has 0 bridgehead atoms. The molecule has 3 heterocycles. The zero-order valence-electron chi connectivity index (χ0n) is 20.6. The van der Waals surface area contributed by atoms with Crippen molar-refractivity contribution in [2.24, 2.45) is 0 Å². The number of pyridine rings is 1. The van der Waals surface area contributed by atoms with Crippen molar-refractivity contribution >= 4 is 11.0 Å². The summed E-state index contributed by atoms with van der Waals surface area (Å²) < 4.78 is 19.4. The first-order valence-corrected chi connectivity index (χ1v) is 11.7. The van der Waals surface area contributed by atoms with Crippen molar-refractivity contribution in [3.05, 3.63) is 82.9 Å². The summed E-state index contributed by atoms with van der Waals surface area (Å²) in [6, 6.07) is 17.9. The number of fused-ring (bicyclic) bond motifs is 1. The number of ether oxygens (including phenoxy) is 2. The molecule has 0 aliphatic rings. The molecule has 0 spiro atoms. The average molecular weight is 469 g/mol. The summed E-state index contributed by atoms with van der Waals surface area (Å²) in [7, 11) is 0. The van der Waals surface area contributed by atoms with Crippen LogP contribution in [0.25, 0.3) is 28.2 Å². The number of aryl methyl sites for hydroxylation is 4. The fraction of sp³-hybridized carbons (Fsp3) is 0.250. The quantitative estimate of drug-likeness (QED) is 0.280. The zero-order valence-corrected chi connectivity index (χ0v) is 20.6. The highest BCUT2D eigenvalue weighted by Gasteiger charge is 2.17. The van der Waals surface area contributed by atoms with Crippen LogP contribution in [-0.4, -0.2) is 26.4 Å². The maximum Gasteiger partial charge on any atom is 0.226 e. The zero-order chi connectivity index (χ0) is 24.5. The number of benzene rings is 2. The van der Waals surface area contributed by atoms with Gasteiger partial charge in [0.2, 0.25) is 11.8 Å². The predicted octanol–water partition coefficient (Wildman–Crippen LogP) is 6.29. The molecule has 0 aliphatic heterocycles. The van der Waals surface area contributed by atoms with E-state index in [1.807, 2.05) is 67.9 Å². The summed E-state index contributed by atoms with van der Waals surface area (Å²) in [5.41, 5.74) is 6.55. The van der Waals surface area contributed by atoms with E-state index in [-0.39, 0.29) is 6.61 Å². The van der Waals surface area contributed by atoms with Crippen LogP contribution < -0.4 is 9.47 Å². The van der Waals surface area contributed by atoms with Gasteiger partial charge in [0.25, 0.3) is 0 Å². The Kier molecular flexibility index (Phi) is 5.99. The fourth-order valence-electron chi connectivity index (χ4n) is 4.10.